The third kappa shape index (κ3) is 4.03. The van der Waals surface area contributed by atoms with E-state index >= 15 is 0 Å². The number of hydrogen-bond acceptors (Lipinski definition) is 3. The summed E-state index contributed by atoms with van der Waals surface area (Å²) in [6.45, 7) is 0.377. The fourth-order valence-corrected chi connectivity index (χ4v) is 2.27. The molecule has 0 aliphatic carbocycles. The van der Waals surface area contributed by atoms with Gasteiger partial charge >= 0.3 is 5.97 Å². The number of thioether (sulfide) groups is 1. The zero-order valence-electron chi connectivity index (χ0n) is 11.2. The van der Waals surface area contributed by atoms with Crippen molar-refractivity contribution < 1.29 is 14.6 Å². The molecule has 4 heteroatoms. The third-order valence-corrected chi connectivity index (χ3v) is 3.66. The van der Waals surface area contributed by atoms with E-state index in [0.29, 0.717) is 6.61 Å². The monoisotopic (exact) mass is 288 g/mol. The summed E-state index contributed by atoms with van der Waals surface area (Å²) in [5, 5.41) is 8.89. The van der Waals surface area contributed by atoms with Gasteiger partial charge in [0, 0.05) is 4.90 Å². The molecule has 0 aromatic heterocycles. The number of rotatable bonds is 6. The number of carboxylic acids is 1. The highest BCUT2D eigenvalue weighted by molar-refractivity contribution is 7.98. The van der Waals surface area contributed by atoms with Crippen molar-refractivity contribution in [3.8, 4) is 5.75 Å². The van der Waals surface area contributed by atoms with Gasteiger partial charge < -0.3 is 9.84 Å². The van der Waals surface area contributed by atoms with E-state index in [1.54, 1.807) is 11.8 Å². The molecular formula is C16H16O3S. The Bertz CT molecular complexity index is 579. The minimum absolute atomic E-state index is 0.0188. The van der Waals surface area contributed by atoms with Crippen molar-refractivity contribution in [1.29, 1.82) is 0 Å². The van der Waals surface area contributed by atoms with Crippen LogP contribution in [-0.2, 0) is 17.8 Å². The molecule has 2 aromatic rings. The quantitative estimate of drug-likeness (QED) is 0.825. The van der Waals surface area contributed by atoms with Crippen LogP contribution in [0.25, 0.3) is 0 Å². The van der Waals surface area contributed by atoms with Crippen LogP contribution in [0, 0.1) is 0 Å². The largest absolute Gasteiger partial charge is 0.489 e. The number of ether oxygens (including phenoxy) is 1. The van der Waals surface area contributed by atoms with Crippen LogP contribution in [-0.4, -0.2) is 17.3 Å². The fraction of sp³-hybridized carbons (Fsp3) is 0.188. The van der Waals surface area contributed by atoms with Crippen LogP contribution in [0.2, 0.25) is 0 Å². The normalized spacial score (nSPS) is 10.2. The van der Waals surface area contributed by atoms with E-state index in [1.165, 1.54) is 4.90 Å². The van der Waals surface area contributed by atoms with Crippen LogP contribution in [0.4, 0.5) is 0 Å². The van der Waals surface area contributed by atoms with Gasteiger partial charge in [-0.2, -0.15) is 0 Å². The molecule has 2 rings (SSSR count). The highest BCUT2D eigenvalue weighted by Crippen LogP contribution is 2.20. The number of hydrogen-bond donors (Lipinski definition) is 1. The molecule has 0 spiro atoms. The van der Waals surface area contributed by atoms with Gasteiger partial charge in [0.15, 0.2) is 0 Å². The summed E-state index contributed by atoms with van der Waals surface area (Å²) in [6.07, 6.45) is 2.04. The van der Waals surface area contributed by atoms with Gasteiger partial charge in [-0.05, 0) is 41.6 Å². The molecule has 0 heterocycles. The van der Waals surface area contributed by atoms with Crippen LogP contribution >= 0.6 is 11.8 Å². The van der Waals surface area contributed by atoms with E-state index in [0.717, 1.165) is 16.9 Å². The van der Waals surface area contributed by atoms with E-state index in [1.807, 2.05) is 54.8 Å². The van der Waals surface area contributed by atoms with Crippen LogP contribution < -0.4 is 4.74 Å². The maximum absolute atomic E-state index is 10.8. The first kappa shape index (κ1) is 14.5. The minimum atomic E-state index is -0.832. The molecule has 0 aliphatic rings. The lowest BCUT2D eigenvalue weighted by atomic mass is 10.1. The van der Waals surface area contributed by atoms with Crippen molar-refractivity contribution in [2.75, 3.05) is 6.26 Å². The smallest absolute Gasteiger partial charge is 0.307 e. The lowest BCUT2D eigenvalue weighted by Crippen LogP contribution is -2.05. The molecule has 0 saturated carbocycles. The Morgan fingerprint density at radius 3 is 2.35 bits per heavy atom. The third-order valence-electron chi connectivity index (χ3n) is 2.91. The zero-order valence-corrected chi connectivity index (χ0v) is 12.0. The number of carboxylic acid groups (broad SMARTS) is 1. The van der Waals surface area contributed by atoms with Crippen molar-refractivity contribution in [3.05, 3.63) is 59.7 Å². The molecule has 0 radical (unpaired) electrons. The maximum atomic E-state index is 10.8. The Hall–Kier alpha value is -1.94. The minimum Gasteiger partial charge on any atom is -0.489 e. The van der Waals surface area contributed by atoms with E-state index in [9.17, 15) is 4.79 Å². The van der Waals surface area contributed by atoms with Gasteiger partial charge in [-0.15, -0.1) is 11.8 Å². The van der Waals surface area contributed by atoms with Crippen LogP contribution in [0.5, 0.6) is 5.75 Å². The molecule has 0 atom stereocenters. The Kier molecular flexibility index (Phi) is 5.07. The second-order valence-electron chi connectivity index (χ2n) is 4.30. The summed E-state index contributed by atoms with van der Waals surface area (Å²) in [5.74, 6) is -0.0466. The topological polar surface area (TPSA) is 46.5 Å². The summed E-state index contributed by atoms with van der Waals surface area (Å²) in [6, 6.07) is 15.3. The second-order valence-corrected chi connectivity index (χ2v) is 5.18. The Balaban J connectivity index is 2.04. The predicted molar refractivity (Wildman–Crippen MR) is 80.3 cm³/mol. The summed E-state index contributed by atoms with van der Waals surface area (Å²) in [5.41, 5.74) is 1.70. The molecule has 104 valence electrons. The SMILES string of the molecule is CSc1ccc(OCc2ccccc2CC(=O)O)cc1. The molecule has 2 aromatic carbocycles. The van der Waals surface area contributed by atoms with E-state index in [2.05, 4.69) is 0 Å². The van der Waals surface area contributed by atoms with Crippen molar-refractivity contribution in [3.63, 3.8) is 0 Å². The molecule has 20 heavy (non-hydrogen) atoms. The van der Waals surface area contributed by atoms with Gasteiger partial charge in [-0.25, -0.2) is 0 Å². The van der Waals surface area contributed by atoms with Crippen LogP contribution in [0.1, 0.15) is 11.1 Å². The van der Waals surface area contributed by atoms with Gasteiger partial charge in [-0.3, -0.25) is 4.79 Å². The number of aliphatic carboxylic acids is 1. The first-order valence-electron chi connectivity index (χ1n) is 6.24. The molecule has 0 unspecified atom stereocenters. The van der Waals surface area contributed by atoms with Crippen LogP contribution in [0.3, 0.4) is 0 Å². The Morgan fingerprint density at radius 1 is 1.10 bits per heavy atom. The van der Waals surface area contributed by atoms with Crippen molar-refractivity contribution in [2.45, 2.75) is 17.9 Å². The molecule has 3 nitrogen and oxygen atoms in total. The summed E-state index contributed by atoms with van der Waals surface area (Å²) in [7, 11) is 0. The molecular weight excluding hydrogens is 272 g/mol. The zero-order chi connectivity index (χ0) is 14.4. The van der Waals surface area contributed by atoms with Gasteiger partial charge in [0.2, 0.25) is 0 Å². The first-order chi connectivity index (χ1) is 9.69. The van der Waals surface area contributed by atoms with Crippen molar-refractivity contribution in [1.82, 2.24) is 0 Å². The van der Waals surface area contributed by atoms with E-state index in [4.69, 9.17) is 9.84 Å². The Labute approximate surface area is 122 Å². The Morgan fingerprint density at radius 2 is 1.75 bits per heavy atom. The molecule has 0 aliphatic heterocycles. The number of carbonyl (C=O) groups is 1. The fourth-order valence-electron chi connectivity index (χ4n) is 1.87. The molecule has 0 amide bonds. The van der Waals surface area contributed by atoms with Crippen molar-refractivity contribution >= 4 is 17.7 Å². The summed E-state index contributed by atoms with van der Waals surface area (Å²) < 4.78 is 5.71. The van der Waals surface area contributed by atoms with Gasteiger partial charge in [-0.1, -0.05) is 24.3 Å². The maximum Gasteiger partial charge on any atom is 0.307 e. The summed E-state index contributed by atoms with van der Waals surface area (Å²) in [4.78, 5) is 12.0. The standard InChI is InChI=1S/C16H16O3S/c1-20-15-8-6-14(7-9-15)19-11-13-5-3-2-4-12(13)10-16(17)18/h2-9H,10-11H2,1H3,(H,17,18). The highest BCUT2D eigenvalue weighted by Gasteiger charge is 2.06. The number of benzene rings is 2. The van der Waals surface area contributed by atoms with Gasteiger partial charge in [0.1, 0.15) is 12.4 Å². The lowest BCUT2D eigenvalue weighted by Gasteiger charge is -2.10. The highest BCUT2D eigenvalue weighted by atomic mass is 32.2. The molecule has 1 N–H and O–H groups in total. The van der Waals surface area contributed by atoms with E-state index < -0.39 is 5.97 Å². The molecule has 0 bridgehead atoms. The van der Waals surface area contributed by atoms with Crippen LogP contribution in [0.15, 0.2) is 53.4 Å². The van der Waals surface area contributed by atoms with Gasteiger partial charge in [0.25, 0.3) is 0 Å². The molecule has 0 fully saturated rings. The van der Waals surface area contributed by atoms with E-state index in [-0.39, 0.29) is 6.42 Å². The average Bonchev–Trinajstić information content (AvgIpc) is 2.46. The molecule has 0 saturated heterocycles. The second kappa shape index (κ2) is 7.01. The summed E-state index contributed by atoms with van der Waals surface area (Å²) >= 11 is 1.68. The first-order valence-corrected chi connectivity index (χ1v) is 7.47. The predicted octanol–water partition coefficient (Wildman–Crippen LogP) is 3.61. The van der Waals surface area contributed by atoms with Gasteiger partial charge in [0.05, 0.1) is 6.42 Å². The van der Waals surface area contributed by atoms with Crippen molar-refractivity contribution in [2.24, 2.45) is 0 Å². The average molecular weight is 288 g/mol. The lowest BCUT2D eigenvalue weighted by molar-refractivity contribution is -0.136.